The smallest absolute Gasteiger partial charge is 0.306 e. The maximum Gasteiger partial charge on any atom is 0.306 e. The third kappa shape index (κ3) is 2.72. The second-order valence-electron chi connectivity index (χ2n) is 5.60. The lowest BCUT2D eigenvalue weighted by Gasteiger charge is -2.32. The number of carboxylic acids is 1. The zero-order valence-electron chi connectivity index (χ0n) is 12.2. The van der Waals surface area contributed by atoms with Gasteiger partial charge in [0.05, 0.1) is 11.6 Å². The molecule has 22 heavy (non-hydrogen) atoms. The molecule has 6 nitrogen and oxygen atoms in total. The Balaban J connectivity index is 1.68. The van der Waals surface area contributed by atoms with Crippen molar-refractivity contribution < 1.29 is 14.7 Å². The highest BCUT2D eigenvalue weighted by Gasteiger charge is 2.35. The van der Waals surface area contributed by atoms with Gasteiger partial charge in [0.2, 0.25) is 0 Å². The Hall–Kier alpha value is -2.63. The number of nitrogens with zero attached hydrogens (tertiary/aromatic N) is 2. The van der Waals surface area contributed by atoms with Gasteiger partial charge in [-0.2, -0.15) is 5.10 Å². The first-order valence-electron chi connectivity index (χ1n) is 7.20. The molecule has 1 fully saturated rings. The van der Waals surface area contributed by atoms with Gasteiger partial charge in [0.15, 0.2) is 5.69 Å². The van der Waals surface area contributed by atoms with E-state index in [1.165, 1.54) is 0 Å². The zero-order chi connectivity index (χ0) is 15.7. The van der Waals surface area contributed by atoms with E-state index < -0.39 is 5.97 Å². The van der Waals surface area contributed by atoms with Gasteiger partial charge in [-0.15, -0.1) is 0 Å². The van der Waals surface area contributed by atoms with E-state index in [4.69, 9.17) is 5.11 Å². The summed E-state index contributed by atoms with van der Waals surface area (Å²) in [5, 5.41) is 16.0. The van der Waals surface area contributed by atoms with Gasteiger partial charge in [-0.05, 0) is 38.0 Å². The highest BCUT2D eigenvalue weighted by molar-refractivity contribution is 5.92. The average molecular weight is 299 g/mol. The number of para-hydroxylation sites is 1. The Bertz CT molecular complexity index is 703. The van der Waals surface area contributed by atoms with Crippen LogP contribution in [-0.4, -0.2) is 32.8 Å². The molecule has 3 rings (SSSR count). The molecule has 2 N–H and O–H groups in total. The number of nitrogens with one attached hydrogen (secondary N) is 1. The van der Waals surface area contributed by atoms with E-state index >= 15 is 0 Å². The fourth-order valence-electron chi connectivity index (χ4n) is 2.61. The SMILES string of the molecule is Cc1cc(C(=O)NC2CC(C(=O)O)C2)nn1-c1ccccc1. The zero-order valence-corrected chi connectivity index (χ0v) is 12.2. The van der Waals surface area contributed by atoms with Gasteiger partial charge in [-0.25, -0.2) is 4.68 Å². The predicted octanol–water partition coefficient (Wildman–Crippen LogP) is 1.77. The summed E-state index contributed by atoms with van der Waals surface area (Å²) < 4.78 is 1.72. The Morgan fingerprint density at radius 3 is 2.59 bits per heavy atom. The number of carbonyl (C=O) groups is 2. The lowest BCUT2D eigenvalue weighted by Crippen LogP contribution is -2.46. The van der Waals surface area contributed by atoms with Crippen LogP contribution in [0.2, 0.25) is 0 Å². The molecule has 2 aromatic rings. The minimum atomic E-state index is -0.797. The number of rotatable bonds is 4. The lowest BCUT2D eigenvalue weighted by molar-refractivity contribution is -0.145. The number of hydrogen-bond donors (Lipinski definition) is 2. The Kier molecular flexibility index (Phi) is 3.66. The maximum atomic E-state index is 12.2. The van der Waals surface area contributed by atoms with Crippen molar-refractivity contribution in [2.24, 2.45) is 5.92 Å². The molecule has 0 unspecified atom stereocenters. The topological polar surface area (TPSA) is 84.2 Å². The van der Waals surface area contributed by atoms with E-state index in [0.717, 1.165) is 11.4 Å². The molecule has 0 atom stereocenters. The third-order valence-electron chi connectivity index (χ3n) is 3.94. The molecule has 1 aromatic heterocycles. The van der Waals surface area contributed by atoms with Crippen molar-refractivity contribution >= 4 is 11.9 Å². The summed E-state index contributed by atoms with van der Waals surface area (Å²) in [5.74, 6) is -1.39. The molecule has 1 aliphatic carbocycles. The van der Waals surface area contributed by atoms with Crippen LogP contribution in [0.1, 0.15) is 29.0 Å². The van der Waals surface area contributed by atoms with Crippen LogP contribution in [0, 0.1) is 12.8 Å². The van der Waals surface area contributed by atoms with E-state index in [-0.39, 0.29) is 17.9 Å². The summed E-state index contributed by atoms with van der Waals surface area (Å²) in [6.07, 6.45) is 0.971. The summed E-state index contributed by atoms with van der Waals surface area (Å²) in [6.45, 7) is 1.89. The number of benzene rings is 1. The summed E-state index contributed by atoms with van der Waals surface area (Å²) in [5.41, 5.74) is 2.11. The number of aryl methyl sites for hydroxylation is 1. The molecule has 1 saturated carbocycles. The quantitative estimate of drug-likeness (QED) is 0.901. The fourth-order valence-corrected chi connectivity index (χ4v) is 2.61. The standard InChI is InChI=1S/C16H17N3O3/c1-10-7-14(18-19(10)13-5-3-2-4-6-13)15(20)17-12-8-11(9-12)16(21)22/h2-7,11-12H,8-9H2,1H3,(H,17,20)(H,21,22). The van der Waals surface area contributed by atoms with Gasteiger partial charge in [0.1, 0.15) is 0 Å². The van der Waals surface area contributed by atoms with E-state index in [0.29, 0.717) is 18.5 Å². The average Bonchev–Trinajstić information content (AvgIpc) is 2.85. The van der Waals surface area contributed by atoms with Gasteiger partial charge in [0.25, 0.3) is 5.91 Å². The number of hydrogen-bond acceptors (Lipinski definition) is 3. The van der Waals surface area contributed by atoms with Crippen molar-refractivity contribution in [1.82, 2.24) is 15.1 Å². The minimum absolute atomic E-state index is 0.0734. The first-order valence-corrected chi connectivity index (χ1v) is 7.20. The first-order chi connectivity index (χ1) is 10.5. The van der Waals surface area contributed by atoms with Crippen LogP contribution in [0.4, 0.5) is 0 Å². The number of aliphatic carboxylic acids is 1. The molecule has 1 aromatic carbocycles. The van der Waals surface area contributed by atoms with Crippen LogP contribution in [0.15, 0.2) is 36.4 Å². The van der Waals surface area contributed by atoms with E-state index in [2.05, 4.69) is 10.4 Å². The lowest BCUT2D eigenvalue weighted by atomic mass is 9.80. The molecule has 0 spiro atoms. The van der Waals surface area contributed by atoms with Gasteiger partial charge >= 0.3 is 5.97 Å². The van der Waals surface area contributed by atoms with Crippen molar-refractivity contribution in [3.63, 3.8) is 0 Å². The minimum Gasteiger partial charge on any atom is -0.481 e. The second-order valence-corrected chi connectivity index (χ2v) is 5.60. The monoisotopic (exact) mass is 299 g/mol. The van der Waals surface area contributed by atoms with Crippen LogP contribution in [0.25, 0.3) is 5.69 Å². The van der Waals surface area contributed by atoms with E-state index in [9.17, 15) is 9.59 Å². The molecule has 6 heteroatoms. The molecular weight excluding hydrogens is 282 g/mol. The Labute approximate surface area is 127 Å². The second kappa shape index (κ2) is 5.63. The summed E-state index contributed by atoms with van der Waals surface area (Å²) in [4.78, 5) is 22.9. The molecular formula is C16H17N3O3. The maximum absolute atomic E-state index is 12.2. The fraction of sp³-hybridized carbons (Fsp3) is 0.312. The van der Waals surface area contributed by atoms with E-state index in [1.54, 1.807) is 10.7 Å². The first kappa shape index (κ1) is 14.3. The summed E-state index contributed by atoms with van der Waals surface area (Å²) >= 11 is 0. The highest BCUT2D eigenvalue weighted by atomic mass is 16.4. The molecule has 1 amide bonds. The van der Waals surface area contributed by atoms with Gasteiger partial charge in [0, 0.05) is 11.7 Å². The molecule has 0 aliphatic heterocycles. The molecule has 1 aliphatic rings. The predicted molar refractivity (Wildman–Crippen MR) is 79.9 cm³/mol. The van der Waals surface area contributed by atoms with Crippen LogP contribution >= 0.6 is 0 Å². The van der Waals surface area contributed by atoms with Crippen molar-refractivity contribution in [3.05, 3.63) is 47.8 Å². The number of carboxylic acid groups (broad SMARTS) is 1. The van der Waals surface area contributed by atoms with Crippen LogP contribution in [0.3, 0.4) is 0 Å². The summed E-state index contributed by atoms with van der Waals surface area (Å²) in [6, 6.07) is 11.3. The van der Waals surface area contributed by atoms with Crippen molar-refractivity contribution in [2.75, 3.05) is 0 Å². The number of amides is 1. The van der Waals surface area contributed by atoms with Gasteiger partial charge in [-0.1, -0.05) is 18.2 Å². The molecule has 0 radical (unpaired) electrons. The Morgan fingerprint density at radius 2 is 1.95 bits per heavy atom. The van der Waals surface area contributed by atoms with Crippen molar-refractivity contribution in [3.8, 4) is 5.69 Å². The van der Waals surface area contributed by atoms with Crippen LogP contribution in [-0.2, 0) is 4.79 Å². The largest absolute Gasteiger partial charge is 0.481 e. The summed E-state index contributed by atoms with van der Waals surface area (Å²) in [7, 11) is 0. The normalized spacial score (nSPS) is 20.2. The highest BCUT2D eigenvalue weighted by Crippen LogP contribution is 2.27. The molecule has 0 bridgehead atoms. The van der Waals surface area contributed by atoms with Crippen molar-refractivity contribution in [1.29, 1.82) is 0 Å². The molecule has 0 saturated heterocycles. The van der Waals surface area contributed by atoms with Crippen molar-refractivity contribution in [2.45, 2.75) is 25.8 Å². The van der Waals surface area contributed by atoms with E-state index in [1.807, 2.05) is 37.3 Å². The van der Waals surface area contributed by atoms with Crippen LogP contribution in [0.5, 0.6) is 0 Å². The van der Waals surface area contributed by atoms with Crippen LogP contribution < -0.4 is 5.32 Å². The number of aromatic nitrogens is 2. The molecule has 1 heterocycles. The van der Waals surface area contributed by atoms with Gasteiger partial charge < -0.3 is 10.4 Å². The Morgan fingerprint density at radius 1 is 1.27 bits per heavy atom. The molecule has 114 valence electrons. The number of carbonyl (C=O) groups excluding carboxylic acids is 1. The third-order valence-corrected chi connectivity index (χ3v) is 3.94. The van der Waals surface area contributed by atoms with Gasteiger partial charge in [-0.3, -0.25) is 9.59 Å².